The average molecular weight is 164 g/mol. The molecule has 0 aliphatic heterocycles. The Kier molecular flexibility index (Phi) is 3.30. The van der Waals surface area contributed by atoms with Gasteiger partial charge in [-0.1, -0.05) is 29.8 Å². The summed E-state index contributed by atoms with van der Waals surface area (Å²) in [5, 5.41) is 3.23. The molecular weight excluding hydrogens is 147 g/mol. The summed E-state index contributed by atoms with van der Waals surface area (Å²) in [6, 6.07) is 9.24. The van der Waals surface area contributed by atoms with Gasteiger partial charge in [-0.05, 0) is 32.9 Å². The summed E-state index contributed by atoms with van der Waals surface area (Å²) in [4.78, 5) is 0. The van der Waals surface area contributed by atoms with Crippen LogP contribution in [0.25, 0.3) is 0 Å². The quantitative estimate of drug-likeness (QED) is 0.721. The van der Waals surface area contributed by atoms with Gasteiger partial charge in [0.1, 0.15) is 0 Å². The first-order valence-corrected chi connectivity index (χ1v) is 4.45. The molecule has 1 N–H and O–H groups in total. The van der Waals surface area contributed by atoms with Crippen molar-refractivity contribution in [3.8, 4) is 0 Å². The van der Waals surface area contributed by atoms with Gasteiger partial charge in [0.25, 0.3) is 0 Å². The highest BCUT2D eigenvalue weighted by Gasteiger charge is 1.99. The molecule has 0 aromatic heterocycles. The zero-order valence-electron chi connectivity index (χ0n) is 8.09. The molecule has 0 radical (unpaired) electrons. The Labute approximate surface area is 74.8 Å². The smallest absolute Gasteiger partial charge is 0.00761 e. The average Bonchev–Trinajstić information content (AvgIpc) is 2.04. The van der Waals surface area contributed by atoms with E-state index >= 15 is 0 Å². The van der Waals surface area contributed by atoms with E-state index in [-0.39, 0.29) is 0 Å². The normalized spacial score (nSPS) is 12.9. The molecule has 0 spiro atoms. The maximum Gasteiger partial charge on any atom is 0.00761 e. The lowest BCUT2D eigenvalue weighted by molar-refractivity contribution is 0.608. The Morgan fingerprint density at radius 2 is 2.17 bits per heavy atom. The van der Waals surface area contributed by atoms with Gasteiger partial charge < -0.3 is 5.32 Å². The lowest BCUT2D eigenvalue weighted by Gasteiger charge is -2.09. The van der Waals surface area contributed by atoms with Crippen molar-refractivity contribution in [3.05, 3.63) is 35.4 Å². The largest absolute Gasteiger partial charge is 0.317 e. The van der Waals surface area contributed by atoms with Gasteiger partial charge in [0, 0.05) is 6.04 Å². The van der Waals surface area contributed by atoms with E-state index in [0.717, 1.165) is 6.42 Å². The lowest BCUT2D eigenvalue weighted by Crippen LogP contribution is -2.23. The van der Waals surface area contributed by atoms with Gasteiger partial charge in [-0.2, -0.15) is 0 Å². The molecular formula is C11H17N. The van der Waals surface area contributed by atoms with Gasteiger partial charge in [0.15, 0.2) is 0 Å². The number of nitrogens with one attached hydrogen (secondary N) is 1. The fraction of sp³-hybridized carbons (Fsp3) is 0.455. The molecule has 0 fully saturated rings. The van der Waals surface area contributed by atoms with E-state index in [2.05, 4.69) is 43.4 Å². The Morgan fingerprint density at radius 3 is 2.75 bits per heavy atom. The minimum Gasteiger partial charge on any atom is -0.317 e. The highest BCUT2D eigenvalue weighted by Crippen LogP contribution is 2.06. The van der Waals surface area contributed by atoms with E-state index in [1.807, 2.05) is 7.05 Å². The molecule has 0 aliphatic rings. The van der Waals surface area contributed by atoms with Gasteiger partial charge in [-0.15, -0.1) is 0 Å². The third-order valence-electron chi connectivity index (χ3n) is 2.12. The maximum absolute atomic E-state index is 3.23. The van der Waals surface area contributed by atoms with Crippen LogP contribution in [0, 0.1) is 6.92 Å². The van der Waals surface area contributed by atoms with Gasteiger partial charge in [-0.25, -0.2) is 0 Å². The molecule has 1 nitrogen and oxygen atoms in total. The number of hydrogen-bond donors (Lipinski definition) is 1. The molecule has 0 bridgehead atoms. The monoisotopic (exact) mass is 164 g/mol. The summed E-state index contributed by atoms with van der Waals surface area (Å²) in [7, 11) is 2.00. The first-order chi connectivity index (χ1) is 5.72. The Bertz CT molecular complexity index is 243. The molecule has 1 rings (SSSR count). The molecule has 0 saturated heterocycles. The second-order valence-electron chi connectivity index (χ2n) is 3.38. The summed E-state index contributed by atoms with van der Waals surface area (Å²) < 4.78 is 0. The van der Waals surface area contributed by atoms with Crippen molar-refractivity contribution in [2.24, 2.45) is 0 Å². The van der Waals surface area contributed by atoms with E-state index in [0.29, 0.717) is 6.04 Å². The third-order valence-corrected chi connectivity index (χ3v) is 2.12. The second-order valence-corrected chi connectivity index (χ2v) is 3.38. The van der Waals surface area contributed by atoms with Crippen molar-refractivity contribution in [1.82, 2.24) is 5.32 Å². The van der Waals surface area contributed by atoms with Gasteiger partial charge >= 0.3 is 0 Å². The predicted molar refractivity (Wildman–Crippen MR) is 53.4 cm³/mol. The lowest BCUT2D eigenvalue weighted by atomic mass is 10.1. The van der Waals surface area contributed by atoms with Crippen LogP contribution in [-0.4, -0.2) is 13.1 Å². The van der Waals surface area contributed by atoms with Crippen LogP contribution in [0.1, 0.15) is 18.1 Å². The summed E-state index contributed by atoms with van der Waals surface area (Å²) in [5.41, 5.74) is 2.76. The zero-order valence-corrected chi connectivity index (χ0v) is 8.09. The van der Waals surface area contributed by atoms with E-state index in [1.165, 1.54) is 11.1 Å². The minimum absolute atomic E-state index is 0.562. The molecule has 66 valence electrons. The summed E-state index contributed by atoms with van der Waals surface area (Å²) in [5.74, 6) is 0. The number of rotatable bonds is 3. The van der Waals surface area contributed by atoms with Crippen molar-refractivity contribution in [1.29, 1.82) is 0 Å². The molecule has 0 saturated carbocycles. The van der Waals surface area contributed by atoms with Crippen LogP contribution in [-0.2, 0) is 6.42 Å². The van der Waals surface area contributed by atoms with Crippen molar-refractivity contribution < 1.29 is 0 Å². The molecule has 1 heteroatoms. The first-order valence-electron chi connectivity index (χ1n) is 4.45. The number of benzene rings is 1. The summed E-state index contributed by atoms with van der Waals surface area (Å²) >= 11 is 0. The van der Waals surface area contributed by atoms with Crippen LogP contribution in [0.5, 0.6) is 0 Å². The Morgan fingerprint density at radius 1 is 1.42 bits per heavy atom. The van der Waals surface area contributed by atoms with Crippen LogP contribution >= 0.6 is 0 Å². The zero-order chi connectivity index (χ0) is 8.97. The first kappa shape index (κ1) is 9.27. The molecule has 0 amide bonds. The van der Waals surface area contributed by atoms with E-state index in [1.54, 1.807) is 0 Å². The van der Waals surface area contributed by atoms with Crippen LogP contribution in [0.4, 0.5) is 0 Å². The third kappa shape index (κ3) is 2.67. The molecule has 0 aliphatic carbocycles. The van der Waals surface area contributed by atoms with Crippen molar-refractivity contribution in [3.63, 3.8) is 0 Å². The number of hydrogen-bond acceptors (Lipinski definition) is 1. The summed E-state index contributed by atoms with van der Waals surface area (Å²) in [6.07, 6.45) is 1.11. The molecule has 1 aromatic rings. The van der Waals surface area contributed by atoms with Gasteiger partial charge in [0.2, 0.25) is 0 Å². The van der Waals surface area contributed by atoms with Gasteiger partial charge in [-0.3, -0.25) is 0 Å². The van der Waals surface area contributed by atoms with E-state index < -0.39 is 0 Å². The minimum atomic E-state index is 0.562. The summed E-state index contributed by atoms with van der Waals surface area (Å²) in [6.45, 7) is 4.33. The highest BCUT2D eigenvalue weighted by atomic mass is 14.8. The standard InChI is InChI=1S/C11H17N/c1-9-5-4-6-11(7-9)8-10(2)12-3/h4-7,10,12H,8H2,1-3H3/i6+1. The second kappa shape index (κ2) is 4.27. The molecule has 1 atom stereocenters. The molecule has 0 heterocycles. The van der Waals surface area contributed by atoms with Gasteiger partial charge in [0.05, 0.1) is 0 Å². The van der Waals surface area contributed by atoms with Crippen LogP contribution in [0.3, 0.4) is 0 Å². The Hall–Kier alpha value is -0.820. The predicted octanol–water partition coefficient (Wildman–Crippen LogP) is 2.15. The fourth-order valence-electron chi connectivity index (χ4n) is 1.29. The molecule has 1 unspecified atom stereocenters. The van der Waals surface area contributed by atoms with Crippen LogP contribution in [0.2, 0.25) is 0 Å². The maximum atomic E-state index is 3.23. The van der Waals surface area contributed by atoms with Crippen molar-refractivity contribution in [2.45, 2.75) is 26.3 Å². The fourth-order valence-corrected chi connectivity index (χ4v) is 1.29. The van der Waals surface area contributed by atoms with Crippen molar-refractivity contribution >= 4 is 0 Å². The molecule has 1 aromatic carbocycles. The highest BCUT2D eigenvalue weighted by molar-refractivity contribution is 5.22. The van der Waals surface area contributed by atoms with E-state index in [4.69, 9.17) is 0 Å². The van der Waals surface area contributed by atoms with Crippen molar-refractivity contribution in [2.75, 3.05) is 7.05 Å². The topological polar surface area (TPSA) is 12.0 Å². The SMILES string of the molecule is CNC(C)Cc1cc(C)cc[13cH]1. The van der Waals surface area contributed by atoms with Crippen LogP contribution in [0.15, 0.2) is 24.3 Å². The Balaban J connectivity index is 2.63. The number of likely N-dealkylation sites (N-methyl/N-ethyl adjacent to an activating group) is 1. The van der Waals surface area contributed by atoms with Crippen LogP contribution < -0.4 is 5.32 Å². The number of aryl methyl sites for hydroxylation is 1. The molecule has 12 heavy (non-hydrogen) atoms. The van der Waals surface area contributed by atoms with E-state index in [9.17, 15) is 0 Å².